The van der Waals surface area contributed by atoms with E-state index < -0.39 is 12.1 Å². The van der Waals surface area contributed by atoms with Crippen LogP contribution < -0.4 is 14.8 Å². The number of ether oxygens (including phenoxy) is 3. The topological polar surface area (TPSA) is 73.9 Å². The third-order valence-corrected chi connectivity index (χ3v) is 2.40. The molecule has 1 N–H and O–H groups in total. The van der Waals surface area contributed by atoms with E-state index in [0.717, 1.165) is 0 Å². The van der Waals surface area contributed by atoms with Crippen LogP contribution in [0.4, 0.5) is 0 Å². The summed E-state index contributed by atoms with van der Waals surface area (Å²) in [6, 6.07) is 7.04. The molecule has 1 aliphatic rings. The number of rotatable bonds is 3. The molecule has 0 fully saturated rings. The molecule has 0 aliphatic carbocycles. The lowest BCUT2D eigenvalue weighted by Crippen LogP contribution is -2.39. The van der Waals surface area contributed by atoms with E-state index >= 15 is 0 Å². The molecule has 0 spiro atoms. The molecule has 2 rings (SSSR count). The first-order valence-corrected chi connectivity index (χ1v) is 5.46. The van der Waals surface area contributed by atoms with Gasteiger partial charge in [0.15, 0.2) is 18.1 Å². The summed E-state index contributed by atoms with van der Waals surface area (Å²) in [5.41, 5.74) is 0. The highest BCUT2D eigenvalue weighted by Crippen LogP contribution is 2.30. The lowest BCUT2D eigenvalue weighted by Gasteiger charge is -2.24. The second-order valence-corrected chi connectivity index (χ2v) is 3.65. The number of esters is 1. The van der Waals surface area contributed by atoms with E-state index in [-0.39, 0.29) is 19.1 Å². The highest BCUT2D eigenvalue weighted by molar-refractivity contribution is 5.82. The monoisotopic (exact) mass is 251 g/mol. The number of benzene rings is 1. The maximum Gasteiger partial charge on any atom is 0.351 e. The Balaban J connectivity index is 1.92. The van der Waals surface area contributed by atoms with Gasteiger partial charge in [0.2, 0.25) is 6.10 Å². The smallest absolute Gasteiger partial charge is 0.351 e. The first-order valence-electron chi connectivity index (χ1n) is 5.46. The maximum absolute atomic E-state index is 11.6. The Labute approximate surface area is 104 Å². The molecule has 0 saturated carbocycles. The van der Waals surface area contributed by atoms with Crippen LogP contribution in [0, 0.1) is 0 Å². The van der Waals surface area contributed by atoms with E-state index in [1.807, 2.05) is 6.07 Å². The van der Waals surface area contributed by atoms with Crippen LogP contribution in [0.5, 0.6) is 11.5 Å². The van der Waals surface area contributed by atoms with Crippen LogP contribution in [0.3, 0.4) is 0 Å². The number of amides is 1. The van der Waals surface area contributed by atoms with Gasteiger partial charge in [-0.15, -0.1) is 0 Å². The van der Waals surface area contributed by atoms with Crippen molar-refractivity contribution < 1.29 is 23.8 Å². The molecule has 6 nitrogen and oxygen atoms in total. The average molecular weight is 251 g/mol. The molecular weight excluding hydrogens is 238 g/mol. The summed E-state index contributed by atoms with van der Waals surface area (Å²) in [6.45, 7) is -0.250. The molecule has 0 saturated heterocycles. The zero-order valence-corrected chi connectivity index (χ0v) is 9.84. The zero-order chi connectivity index (χ0) is 13.0. The predicted octanol–water partition coefficient (Wildman–Crippen LogP) is 0.116. The lowest BCUT2D eigenvalue weighted by atomic mass is 10.2. The van der Waals surface area contributed by atoms with Gasteiger partial charge in [-0.05, 0) is 12.1 Å². The van der Waals surface area contributed by atoms with Gasteiger partial charge in [0.25, 0.3) is 5.91 Å². The minimum absolute atomic E-state index is 0.0730. The number of para-hydroxylation sites is 2. The Bertz CT molecular complexity index is 460. The SMILES string of the molecule is CNC(=O)COC(=O)[C@@H]1COc2ccccc2O1. The fourth-order valence-corrected chi connectivity index (χ4v) is 1.44. The second-order valence-electron chi connectivity index (χ2n) is 3.65. The molecule has 1 aromatic rings. The third-order valence-electron chi connectivity index (χ3n) is 2.40. The third kappa shape index (κ3) is 2.71. The van der Waals surface area contributed by atoms with Crippen LogP contribution in [-0.4, -0.2) is 38.2 Å². The van der Waals surface area contributed by atoms with Gasteiger partial charge in [-0.2, -0.15) is 0 Å². The summed E-state index contributed by atoms with van der Waals surface area (Å²) in [4.78, 5) is 22.6. The number of hydrogen-bond acceptors (Lipinski definition) is 5. The number of nitrogens with one attached hydrogen (secondary N) is 1. The molecule has 0 unspecified atom stereocenters. The summed E-state index contributed by atoms with van der Waals surface area (Å²) in [5, 5.41) is 2.35. The minimum atomic E-state index is -0.843. The van der Waals surface area contributed by atoms with E-state index in [1.165, 1.54) is 7.05 Å². The van der Waals surface area contributed by atoms with Gasteiger partial charge in [-0.25, -0.2) is 4.79 Å². The highest BCUT2D eigenvalue weighted by Gasteiger charge is 2.28. The Morgan fingerprint density at radius 3 is 2.83 bits per heavy atom. The van der Waals surface area contributed by atoms with Gasteiger partial charge >= 0.3 is 5.97 Å². The van der Waals surface area contributed by atoms with E-state index in [2.05, 4.69) is 5.32 Å². The average Bonchev–Trinajstić information content (AvgIpc) is 2.43. The van der Waals surface area contributed by atoms with Crippen LogP contribution in [0.15, 0.2) is 24.3 Å². The first kappa shape index (κ1) is 12.2. The Kier molecular flexibility index (Phi) is 3.66. The summed E-state index contributed by atoms with van der Waals surface area (Å²) in [6.07, 6.45) is -0.843. The predicted molar refractivity (Wildman–Crippen MR) is 61.4 cm³/mol. The fourth-order valence-electron chi connectivity index (χ4n) is 1.44. The van der Waals surface area contributed by atoms with E-state index in [4.69, 9.17) is 14.2 Å². The maximum atomic E-state index is 11.6. The number of carbonyl (C=O) groups is 2. The van der Waals surface area contributed by atoms with Gasteiger partial charge in [-0.1, -0.05) is 12.1 Å². The van der Waals surface area contributed by atoms with Crippen molar-refractivity contribution in [3.63, 3.8) is 0 Å². The van der Waals surface area contributed by atoms with Crippen LogP contribution in [0.1, 0.15) is 0 Å². The van der Waals surface area contributed by atoms with Crippen LogP contribution in [0.2, 0.25) is 0 Å². The normalized spacial score (nSPS) is 16.8. The number of fused-ring (bicyclic) bond motifs is 1. The van der Waals surface area contributed by atoms with Crippen molar-refractivity contribution in [2.75, 3.05) is 20.3 Å². The zero-order valence-electron chi connectivity index (χ0n) is 9.84. The van der Waals surface area contributed by atoms with Crippen molar-refractivity contribution in [1.82, 2.24) is 5.32 Å². The number of carbonyl (C=O) groups excluding carboxylic acids is 2. The quantitative estimate of drug-likeness (QED) is 0.772. The molecule has 1 atom stereocenters. The number of likely N-dealkylation sites (N-methyl/N-ethyl adjacent to an activating group) is 1. The first-order chi connectivity index (χ1) is 8.70. The molecule has 1 aromatic carbocycles. The Morgan fingerprint density at radius 1 is 1.39 bits per heavy atom. The molecule has 1 amide bonds. The molecular formula is C12H13NO5. The van der Waals surface area contributed by atoms with Crippen LogP contribution >= 0.6 is 0 Å². The van der Waals surface area contributed by atoms with E-state index in [1.54, 1.807) is 18.2 Å². The van der Waals surface area contributed by atoms with Gasteiger partial charge in [0, 0.05) is 7.05 Å². The van der Waals surface area contributed by atoms with Crippen LogP contribution in [0.25, 0.3) is 0 Å². The van der Waals surface area contributed by atoms with Crippen molar-refractivity contribution in [2.45, 2.75) is 6.10 Å². The lowest BCUT2D eigenvalue weighted by molar-refractivity contribution is -0.157. The van der Waals surface area contributed by atoms with Gasteiger partial charge < -0.3 is 19.5 Å². The summed E-state index contributed by atoms with van der Waals surface area (Å²) in [7, 11) is 1.46. The fraction of sp³-hybridized carbons (Fsp3) is 0.333. The molecule has 0 aromatic heterocycles. The standard InChI is InChI=1S/C12H13NO5/c1-13-11(14)7-17-12(15)10-6-16-8-4-2-3-5-9(8)18-10/h2-5,10H,6-7H2,1H3,(H,13,14)/t10-/m0/s1. The van der Waals surface area contributed by atoms with Gasteiger partial charge in [-0.3, -0.25) is 4.79 Å². The summed E-state index contributed by atoms with van der Waals surface area (Å²) in [5.74, 6) is 0.0899. The molecule has 6 heteroatoms. The second kappa shape index (κ2) is 5.39. The minimum Gasteiger partial charge on any atom is -0.485 e. The van der Waals surface area contributed by atoms with E-state index in [0.29, 0.717) is 11.5 Å². The Morgan fingerprint density at radius 2 is 2.11 bits per heavy atom. The molecule has 0 bridgehead atoms. The van der Waals surface area contributed by atoms with Crippen LogP contribution in [-0.2, 0) is 14.3 Å². The van der Waals surface area contributed by atoms with Gasteiger partial charge in [0.05, 0.1) is 0 Å². The molecule has 96 valence electrons. The van der Waals surface area contributed by atoms with Gasteiger partial charge in [0.1, 0.15) is 6.61 Å². The summed E-state index contributed by atoms with van der Waals surface area (Å²) < 4.78 is 15.6. The molecule has 0 radical (unpaired) electrons. The van der Waals surface area contributed by atoms with E-state index in [9.17, 15) is 9.59 Å². The Hall–Kier alpha value is -2.24. The van der Waals surface area contributed by atoms with Crippen molar-refractivity contribution in [2.24, 2.45) is 0 Å². The van der Waals surface area contributed by atoms with Crippen molar-refractivity contribution >= 4 is 11.9 Å². The van der Waals surface area contributed by atoms with Crippen molar-refractivity contribution in [3.8, 4) is 11.5 Å². The molecule has 1 heterocycles. The molecule has 1 aliphatic heterocycles. The molecule has 18 heavy (non-hydrogen) atoms. The van der Waals surface area contributed by atoms with Crippen molar-refractivity contribution in [3.05, 3.63) is 24.3 Å². The highest BCUT2D eigenvalue weighted by atomic mass is 16.6. The number of hydrogen-bond donors (Lipinski definition) is 1. The summed E-state index contributed by atoms with van der Waals surface area (Å²) >= 11 is 0. The largest absolute Gasteiger partial charge is 0.485 e. The van der Waals surface area contributed by atoms with Crippen molar-refractivity contribution in [1.29, 1.82) is 0 Å².